The molecule has 0 radical (unpaired) electrons. The number of nitrogens with one attached hydrogen (secondary N) is 2. The summed E-state index contributed by atoms with van der Waals surface area (Å²) in [4.78, 5) is 61.1. The zero-order chi connectivity index (χ0) is 28.8. The highest BCUT2D eigenvalue weighted by Gasteiger charge is 2.22. The Balaban J connectivity index is 1.44. The summed E-state index contributed by atoms with van der Waals surface area (Å²) in [6.07, 6.45) is 8.01. The van der Waals surface area contributed by atoms with Gasteiger partial charge in [0.05, 0.1) is 30.1 Å². The van der Waals surface area contributed by atoms with Crippen LogP contribution < -0.4 is 15.5 Å². The number of carboxylic acid groups (broad SMARTS) is 1. The summed E-state index contributed by atoms with van der Waals surface area (Å²) in [5, 5.41) is 15.2. The number of hydrogen-bond donors (Lipinski definition) is 3. The van der Waals surface area contributed by atoms with Crippen molar-refractivity contribution in [2.75, 3.05) is 48.8 Å². The lowest BCUT2D eigenvalue weighted by Crippen LogP contribution is -2.48. The molecule has 4 aromatic heterocycles. The minimum absolute atomic E-state index is 0.147. The van der Waals surface area contributed by atoms with Gasteiger partial charge in [-0.3, -0.25) is 14.8 Å². The lowest BCUT2D eigenvalue weighted by molar-refractivity contribution is 0.0600. The van der Waals surface area contributed by atoms with Crippen molar-refractivity contribution in [1.82, 2.24) is 29.8 Å². The van der Waals surface area contributed by atoms with Crippen LogP contribution in [0.3, 0.4) is 0 Å². The van der Waals surface area contributed by atoms with E-state index in [1.807, 2.05) is 11.0 Å². The maximum absolute atomic E-state index is 13.1. The minimum atomic E-state index is -0.939. The third kappa shape index (κ3) is 6.50. The van der Waals surface area contributed by atoms with E-state index in [2.05, 4.69) is 30.6 Å². The first-order valence-corrected chi connectivity index (χ1v) is 12.5. The molecule has 0 spiro atoms. The molecule has 41 heavy (non-hydrogen) atoms. The minimum Gasteiger partial charge on any atom is -0.465 e. The average molecular weight is 556 g/mol. The molecule has 14 heteroatoms. The number of carbonyl (C=O) groups excluding carboxylic acids is 2. The van der Waals surface area contributed by atoms with Crippen LogP contribution in [0.25, 0.3) is 11.3 Å². The molecule has 5 rings (SSSR count). The first-order chi connectivity index (χ1) is 19.9. The molecule has 0 saturated carbocycles. The quantitative estimate of drug-likeness (QED) is 0.285. The average Bonchev–Trinajstić information content (AvgIpc) is 3.01. The highest BCUT2D eigenvalue weighted by Crippen LogP contribution is 2.28. The molecule has 0 bridgehead atoms. The normalized spacial score (nSPS) is 12.9. The van der Waals surface area contributed by atoms with Crippen molar-refractivity contribution in [3.8, 4) is 11.3 Å². The summed E-state index contributed by atoms with van der Waals surface area (Å²) in [6.45, 7) is 1.76. The van der Waals surface area contributed by atoms with Crippen LogP contribution in [-0.4, -0.2) is 86.2 Å². The molecule has 208 valence electrons. The Bertz CT molecular complexity index is 1580. The van der Waals surface area contributed by atoms with Crippen LogP contribution in [0.15, 0.2) is 67.5 Å². The number of hydrogen-bond acceptors (Lipinski definition) is 11. The number of piperazine rings is 1. The molecule has 14 nitrogen and oxygen atoms in total. The van der Waals surface area contributed by atoms with Crippen molar-refractivity contribution in [2.45, 2.75) is 0 Å². The summed E-state index contributed by atoms with van der Waals surface area (Å²) in [7, 11) is 1.25. The van der Waals surface area contributed by atoms with Crippen LogP contribution in [0.2, 0.25) is 0 Å². The van der Waals surface area contributed by atoms with Crippen LogP contribution in [0, 0.1) is 0 Å². The van der Waals surface area contributed by atoms with Crippen LogP contribution in [0.5, 0.6) is 0 Å². The molecule has 0 aromatic carbocycles. The van der Waals surface area contributed by atoms with Crippen molar-refractivity contribution in [3.05, 3.63) is 78.6 Å². The van der Waals surface area contributed by atoms with Crippen molar-refractivity contribution >= 4 is 41.1 Å². The molecule has 2 amide bonds. The van der Waals surface area contributed by atoms with Gasteiger partial charge in [0.2, 0.25) is 0 Å². The third-order valence-corrected chi connectivity index (χ3v) is 6.24. The van der Waals surface area contributed by atoms with Gasteiger partial charge in [-0.2, -0.15) is 0 Å². The molecule has 1 aliphatic heterocycles. The second-order valence-electron chi connectivity index (χ2n) is 8.91. The maximum Gasteiger partial charge on any atom is 0.407 e. The number of esters is 1. The standard InChI is InChI=1S/C27H25N9O5/c1-41-26(38)19-10-18(14-29-15-19)25(37)32-20-12-21(33-22(13-20)34-23-16-28-4-5-30-23)17-2-3-31-24(11-17)35-6-8-36(9-7-35)27(39)40/h2-5,10-16H,6-9H2,1H3,(H,39,40)(H2,30,32,33,34,37). The van der Waals surface area contributed by atoms with Crippen molar-refractivity contribution in [3.63, 3.8) is 0 Å². The van der Waals surface area contributed by atoms with Crippen molar-refractivity contribution in [2.24, 2.45) is 0 Å². The van der Waals surface area contributed by atoms with E-state index in [9.17, 15) is 19.5 Å². The molecule has 0 aliphatic carbocycles. The maximum atomic E-state index is 13.1. The van der Waals surface area contributed by atoms with Gasteiger partial charge in [-0.05, 0) is 24.3 Å². The van der Waals surface area contributed by atoms with Gasteiger partial charge in [0.25, 0.3) is 5.91 Å². The Morgan fingerprint density at radius 1 is 0.878 bits per heavy atom. The smallest absolute Gasteiger partial charge is 0.407 e. The van der Waals surface area contributed by atoms with Gasteiger partial charge in [-0.15, -0.1) is 0 Å². The summed E-state index contributed by atoms with van der Waals surface area (Å²) in [5.74, 6) is 0.437. The molecular weight excluding hydrogens is 530 g/mol. The molecule has 1 saturated heterocycles. The molecule has 4 aromatic rings. The number of methoxy groups -OCH3 is 1. The number of rotatable bonds is 7. The topological polar surface area (TPSA) is 176 Å². The predicted octanol–water partition coefficient (Wildman–Crippen LogP) is 2.91. The SMILES string of the molecule is COC(=O)c1cncc(C(=O)Nc2cc(Nc3cnccn3)nc(-c3ccnc(N4CCN(C(=O)O)CC4)c3)c2)c1. The summed E-state index contributed by atoms with van der Waals surface area (Å²) in [6, 6.07) is 8.40. The number of amides is 2. The molecule has 0 unspecified atom stereocenters. The second-order valence-corrected chi connectivity index (χ2v) is 8.91. The monoisotopic (exact) mass is 555 g/mol. The van der Waals surface area contributed by atoms with Crippen LogP contribution in [0.1, 0.15) is 20.7 Å². The Labute approximate surface area is 234 Å². The first-order valence-electron chi connectivity index (χ1n) is 12.5. The lowest BCUT2D eigenvalue weighted by atomic mass is 10.1. The predicted molar refractivity (Wildman–Crippen MR) is 148 cm³/mol. The van der Waals surface area contributed by atoms with Crippen molar-refractivity contribution in [1.29, 1.82) is 0 Å². The van der Waals surface area contributed by atoms with Gasteiger partial charge in [0.15, 0.2) is 0 Å². The van der Waals surface area contributed by atoms with Crippen LogP contribution in [0.4, 0.5) is 27.9 Å². The fourth-order valence-electron chi connectivity index (χ4n) is 4.18. The van der Waals surface area contributed by atoms with E-state index in [1.54, 1.807) is 30.6 Å². The molecule has 1 fully saturated rings. The third-order valence-electron chi connectivity index (χ3n) is 6.24. The Hall–Kier alpha value is -5.66. The molecular formula is C27H25N9O5. The number of pyridine rings is 3. The highest BCUT2D eigenvalue weighted by atomic mass is 16.5. The molecule has 0 atom stereocenters. The fourth-order valence-corrected chi connectivity index (χ4v) is 4.18. The highest BCUT2D eigenvalue weighted by molar-refractivity contribution is 6.05. The largest absolute Gasteiger partial charge is 0.465 e. The number of anilines is 4. The van der Waals surface area contributed by atoms with E-state index >= 15 is 0 Å². The zero-order valence-corrected chi connectivity index (χ0v) is 21.9. The fraction of sp³-hybridized carbons (Fsp3) is 0.185. The first kappa shape index (κ1) is 26.9. The van der Waals surface area contributed by atoms with Crippen molar-refractivity contribution < 1.29 is 24.2 Å². The van der Waals surface area contributed by atoms with E-state index in [0.29, 0.717) is 55.0 Å². The molecule has 5 heterocycles. The van der Waals surface area contributed by atoms with Gasteiger partial charge in [-0.1, -0.05) is 0 Å². The lowest BCUT2D eigenvalue weighted by Gasteiger charge is -2.33. The number of aromatic nitrogens is 5. The number of carbonyl (C=O) groups is 3. The zero-order valence-electron chi connectivity index (χ0n) is 21.9. The van der Waals surface area contributed by atoms with Crippen LogP contribution >= 0.6 is 0 Å². The van der Waals surface area contributed by atoms with Crippen LogP contribution in [-0.2, 0) is 4.74 Å². The number of ether oxygens (including phenoxy) is 1. The molecule has 1 aliphatic rings. The van der Waals surface area contributed by atoms with Gasteiger partial charge in [0.1, 0.15) is 17.5 Å². The summed E-state index contributed by atoms with van der Waals surface area (Å²) < 4.78 is 4.72. The van der Waals surface area contributed by atoms with Gasteiger partial charge >= 0.3 is 12.1 Å². The van der Waals surface area contributed by atoms with E-state index < -0.39 is 18.0 Å². The molecule has 3 N–H and O–H groups in total. The Kier molecular flexibility index (Phi) is 7.90. The van der Waals surface area contributed by atoms with E-state index in [-0.39, 0.29) is 11.1 Å². The summed E-state index contributed by atoms with van der Waals surface area (Å²) >= 11 is 0. The second kappa shape index (κ2) is 12.0. The number of nitrogens with zero attached hydrogens (tertiary/aromatic N) is 7. The van der Waals surface area contributed by atoms with E-state index in [1.165, 1.54) is 42.9 Å². The Morgan fingerprint density at radius 3 is 2.41 bits per heavy atom. The van der Waals surface area contributed by atoms with Gasteiger partial charge < -0.3 is 30.3 Å². The van der Waals surface area contributed by atoms with Gasteiger partial charge in [0, 0.05) is 74.5 Å². The van der Waals surface area contributed by atoms with Gasteiger partial charge in [-0.25, -0.2) is 24.5 Å². The van der Waals surface area contributed by atoms with E-state index in [4.69, 9.17) is 9.72 Å². The Morgan fingerprint density at radius 2 is 1.68 bits per heavy atom. The summed E-state index contributed by atoms with van der Waals surface area (Å²) in [5.41, 5.74) is 1.99. The van der Waals surface area contributed by atoms with E-state index in [0.717, 1.165) is 5.56 Å².